The highest BCUT2D eigenvalue weighted by Crippen LogP contribution is 2.16. The van der Waals surface area contributed by atoms with Crippen molar-refractivity contribution in [3.8, 4) is 6.01 Å². The van der Waals surface area contributed by atoms with Gasteiger partial charge in [0.25, 0.3) is 0 Å². The first-order chi connectivity index (χ1) is 22.8. The Hall–Kier alpha value is -1.59. The molecule has 1 heterocycles. The van der Waals surface area contributed by atoms with Gasteiger partial charge in [-0.25, -0.2) is 0 Å². The highest BCUT2D eigenvalue weighted by Gasteiger charge is 2.06. The Labute approximate surface area is 287 Å². The lowest BCUT2D eigenvalue weighted by Gasteiger charge is -2.10. The molecule has 1 aromatic heterocycles. The first-order valence-corrected chi connectivity index (χ1v) is 20.6. The van der Waals surface area contributed by atoms with Gasteiger partial charge in [0.15, 0.2) is 0 Å². The normalized spacial score (nSPS) is 11.3. The molecule has 0 aliphatic heterocycles. The largest absolute Gasteiger partial charge is 0.467 e. The monoisotopic (exact) mass is 646 g/mol. The lowest BCUT2D eigenvalue weighted by Crippen LogP contribution is -2.11. The number of hydrogen-bond acceptors (Lipinski definition) is 6. The van der Waals surface area contributed by atoms with Crippen molar-refractivity contribution in [2.24, 2.45) is 0 Å². The van der Waals surface area contributed by atoms with Gasteiger partial charge in [-0.15, -0.1) is 0 Å². The molecule has 6 heteroatoms. The number of anilines is 2. The van der Waals surface area contributed by atoms with E-state index in [4.69, 9.17) is 4.74 Å². The zero-order chi connectivity index (χ0) is 33.0. The second-order valence-corrected chi connectivity index (χ2v) is 13.9. The topological polar surface area (TPSA) is 72.0 Å². The fraction of sp³-hybridized carbons (Fsp3) is 0.925. The molecule has 0 fully saturated rings. The second kappa shape index (κ2) is 34.7. The summed E-state index contributed by atoms with van der Waals surface area (Å²) in [6.45, 7) is 6.38. The van der Waals surface area contributed by atoms with Crippen molar-refractivity contribution < 1.29 is 4.74 Å². The smallest absolute Gasteiger partial charge is 0.322 e. The highest BCUT2D eigenvalue weighted by atomic mass is 16.5. The first kappa shape index (κ1) is 42.4. The van der Waals surface area contributed by atoms with E-state index in [1.165, 1.54) is 193 Å². The molecule has 0 bridgehead atoms. The van der Waals surface area contributed by atoms with Crippen molar-refractivity contribution in [3.63, 3.8) is 0 Å². The van der Waals surface area contributed by atoms with Gasteiger partial charge in [0, 0.05) is 13.1 Å². The maximum Gasteiger partial charge on any atom is 0.322 e. The molecule has 0 aliphatic carbocycles. The van der Waals surface area contributed by atoms with Gasteiger partial charge < -0.3 is 15.4 Å². The van der Waals surface area contributed by atoms with E-state index in [0.29, 0.717) is 17.9 Å². The van der Waals surface area contributed by atoms with Crippen LogP contribution in [0.15, 0.2) is 0 Å². The maximum absolute atomic E-state index is 5.33. The molecule has 46 heavy (non-hydrogen) atoms. The zero-order valence-electron chi connectivity index (χ0n) is 31.3. The Morgan fingerprint density at radius 2 is 0.587 bits per heavy atom. The summed E-state index contributed by atoms with van der Waals surface area (Å²) in [4.78, 5) is 13.4. The molecule has 6 nitrogen and oxygen atoms in total. The van der Waals surface area contributed by atoms with Gasteiger partial charge in [-0.05, 0) is 12.8 Å². The number of methoxy groups -OCH3 is 1. The summed E-state index contributed by atoms with van der Waals surface area (Å²) >= 11 is 0. The molecule has 1 rings (SSSR count). The molecule has 1 aromatic rings. The summed E-state index contributed by atoms with van der Waals surface area (Å²) in [5.41, 5.74) is 0. The average molecular weight is 646 g/mol. The van der Waals surface area contributed by atoms with E-state index < -0.39 is 0 Å². The van der Waals surface area contributed by atoms with Crippen LogP contribution in [0, 0.1) is 0 Å². The zero-order valence-corrected chi connectivity index (χ0v) is 31.3. The third-order valence-corrected chi connectivity index (χ3v) is 9.42. The first-order valence-electron chi connectivity index (χ1n) is 20.6. The summed E-state index contributed by atoms with van der Waals surface area (Å²) in [6, 6.07) is 0.374. The number of rotatable bonds is 37. The Balaban J connectivity index is 1.95. The van der Waals surface area contributed by atoms with E-state index in [1.807, 2.05) is 0 Å². The van der Waals surface area contributed by atoms with Crippen LogP contribution in [-0.4, -0.2) is 35.2 Å². The lowest BCUT2D eigenvalue weighted by atomic mass is 10.0. The minimum absolute atomic E-state index is 0.374. The van der Waals surface area contributed by atoms with Crippen molar-refractivity contribution in [1.29, 1.82) is 0 Å². The van der Waals surface area contributed by atoms with Crippen LogP contribution in [0.5, 0.6) is 6.01 Å². The molecular weight excluding hydrogens is 566 g/mol. The number of aromatic nitrogens is 3. The standard InChI is InChI=1S/C40H79N5O/c1-4-6-8-10-12-14-16-18-20-22-24-26-28-30-32-34-36-41-38-43-39(45-40(44-38)46-3)42-37-35-33-31-29-27-25-23-21-19-17-15-13-11-9-7-5-2/h4-37H2,1-3H3,(H2,41,42,43,44,45). The summed E-state index contributed by atoms with van der Waals surface area (Å²) in [6.07, 6.45) is 44.4. The van der Waals surface area contributed by atoms with Crippen LogP contribution in [0.25, 0.3) is 0 Å². The third-order valence-electron chi connectivity index (χ3n) is 9.42. The van der Waals surface area contributed by atoms with Crippen molar-refractivity contribution >= 4 is 11.9 Å². The molecule has 0 spiro atoms. The van der Waals surface area contributed by atoms with Gasteiger partial charge in [-0.3, -0.25) is 0 Å². The minimum Gasteiger partial charge on any atom is -0.467 e. The summed E-state index contributed by atoms with van der Waals surface area (Å²) in [7, 11) is 1.62. The third kappa shape index (κ3) is 28.6. The number of unbranched alkanes of at least 4 members (excludes halogenated alkanes) is 30. The van der Waals surface area contributed by atoms with Gasteiger partial charge in [-0.2, -0.15) is 15.0 Å². The van der Waals surface area contributed by atoms with Crippen LogP contribution in [0.2, 0.25) is 0 Å². The van der Waals surface area contributed by atoms with Crippen LogP contribution in [0.3, 0.4) is 0 Å². The Kier molecular flexibility index (Phi) is 32.0. The van der Waals surface area contributed by atoms with Gasteiger partial charge in [-0.1, -0.05) is 206 Å². The average Bonchev–Trinajstić information content (AvgIpc) is 3.07. The number of hydrogen-bond donors (Lipinski definition) is 2. The molecule has 0 saturated heterocycles. The molecular formula is C40H79N5O. The molecule has 0 unspecified atom stereocenters. The SMILES string of the molecule is CCCCCCCCCCCCCCCCCCNc1nc(NCCCCCCCCCCCCCCCCCC)nc(OC)n1. The molecule has 2 N–H and O–H groups in total. The van der Waals surface area contributed by atoms with Gasteiger partial charge in [0.1, 0.15) is 0 Å². The molecule has 0 saturated carbocycles. The van der Waals surface area contributed by atoms with Crippen molar-refractivity contribution in [2.75, 3.05) is 30.8 Å². The Morgan fingerprint density at radius 3 is 0.826 bits per heavy atom. The Morgan fingerprint density at radius 1 is 0.348 bits per heavy atom. The van der Waals surface area contributed by atoms with E-state index in [1.54, 1.807) is 7.11 Å². The highest BCUT2D eigenvalue weighted by molar-refractivity contribution is 5.35. The van der Waals surface area contributed by atoms with Gasteiger partial charge in [0.2, 0.25) is 11.9 Å². The molecule has 0 amide bonds. The fourth-order valence-corrected chi connectivity index (χ4v) is 6.35. The minimum atomic E-state index is 0.374. The molecule has 0 atom stereocenters. The van der Waals surface area contributed by atoms with Gasteiger partial charge in [0.05, 0.1) is 7.11 Å². The van der Waals surface area contributed by atoms with Crippen molar-refractivity contribution in [2.45, 2.75) is 219 Å². The van der Waals surface area contributed by atoms with E-state index in [-0.39, 0.29) is 0 Å². The number of ether oxygens (including phenoxy) is 1. The van der Waals surface area contributed by atoms with E-state index >= 15 is 0 Å². The van der Waals surface area contributed by atoms with E-state index in [0.717, 1.165) is 25.9 Å². The summed E-state index contributed by atoms with van der Waals surface area (Å²) < 4.78 is 5.33. The fourth-order valence-electron chi connectivity index (χ4n) is 6.35. The number of nitrogens with zero attached hydrogens (tertiary/aromatic N) is 3. The predicted molar refractivity (Wildman–Crippen MR) is 202 cm³/mol. The van der Waals surface area contributed by atoms with E-state index in [9.17, 15) is 0 Å². The lowest BCUT2D eigenvalue weighted by molar-refractivity contribution is 0.379. The van der Waals surface area contributed by atoms with Gasteiger partial charge >= 0.3 is 6.01 Å². The second-order valence-electron chi connectivity index (χ2n) is 13.9. The van der Waals surface area contributed by atoms with Crippen molar-refractivity contribution in [3.05, 3.63) is 0 Å². The quantitative estimate of drug-likeness (QED) is 0.0701. The van der Waals surface area contributed by atoms with Crippen LogP contribution >= 0.6 is 0 Å². The number of nitrogens with one attached hydrogen (secondary N) is 2. The van der Waals surface area contributed by atoms with Crippen molar-refractivity contribution in [1.82, 2.24) is 15.0 Å². The Bertz CT molecular complexity index is 690. The maximum atomic E-state index is 5.33. The van der Waals surface area contributed by atoms with Crippen LogP contribution in [-0.2, 0) is 0 Å². The van der Waals surface area contributed by atoms with Crippen LogP contribution in [0.1, 0.15) is 219 Å². The summed E-state index contributed by atoms with van der Waals surface area (Å²) in [5, 5.41) is 6.77. The van der Waals surface area contributed by atoms with Crippen LogP contribution < -0.4 is 15.4 Å². The van der Waals surface area contributed by atoms with E-state index in [2.05, 4.69) is 39.4 Å². The predicted octanol–water partition coefficient (Wildman–Crippen LogP) is 13.2. The summed E-state index contributed by atoms with van der Waals surface area (Å²) in [5.74, 6) is 1.23. The molecule has 270 valence electrons. The van der Waals surface area contributed by atoms with Crippen LogP contribution in [0.4, 0.5) is 11.9 Å². The molecule has 0 aromatic carbocycles. The molecule has 0 aliphatic rings. The molecule has 0 radical (unpaired) electrons.